The molecule has 0 saturated heterocycles. The quantitative estimate of drug-likeness (QED) is 0.690. The Labute approximate surface area is 119 Å². The molecule has 94 valence electrons. The van der Waals surface area contributed by atoms with Gasteiger partial charge in [-0.1, -0.05) is 29.8 Å². The normalized spacial score (nSPS) is 10.8. The molecule has 2 nitrogen and oxygen atoms in total. The Hall–Kier alpha value is -1.71. The van der Waals surface area contributed by atoms with Crippen molar-refractivity contribution in [2.45, 2.75) is 4.90 Å². The van der Waals surface area contributed by atoms with Crippen molar-refractivity contribution >= 4 is 39.4 Å². The highest BCUT2D eigenvalue weighted by atomic mass is 35.5. The van der Waals surface area contributed by atoms with Gasteiger partial charge in [-0.2, -0.15) is 0 Å². The Kier molecular flexibility index (Phi) is 3.32. The predicted octanol–water partition coefficient (Wildman–Crippen LogP) is 4.75. The molecule has 2 aromatic carbocycles. The highest BCUT2D eigenvalue weighted by Gasteiger charge is 2.11. The summed E-state index contributed by atoms with van der Waals surface area (Å²) >= 11 is 7.01. The van der Waals surface area contributed by atoms with E-state index in [0.717, 1.165) is 15.8 Å². The highest BCUT2D eigenvalue weighted by molar-refractivity contribution is 8.14. The van der Waals surface area contributed by atoms with Crippen molar-refractivity contribution in [2.24, 2.45) is 0 Å². The van der Waals surface area contributed by atoms with Gasteiger partial charge in [0.2, 0.25) is 5.12 Å². The number of benzene rings is 2. The van der Waals surface area contributed by atoms with Gasteiger partial charge in [-0.3, -0.25) is 4.79 Å². The second-order valence-corrected chi connectivity index (χ2v) is 5.60. The third kappa shape index (κ3) is 2.67. The molecule has 0 unspecified atom stereocenters. The van der Waals surface area contributed by atoms with Gasteiger partial charge < -0.3 is 4.98 Å². The Bertz CT molecular complexity index is 700. The number of rotatable bonds is 2. The number of thioether (sulfide) groups is 1. The van der Waals surface area contributed by atoms with Gasteiger partial charge >= 0.3 is 0 Å². The molecule has 0 spiro atoms. The molecule has 0 bridgehead atoms. The number of hydrogen-bond donors (Lipinski definition) is 1. The minimum absolute atomic E-state index is 0.00137. The lowest BCUT2D eigenvalue weighted by molar-refractivity contribution is 0.108. The van der Waals surface area contributed by atoms with Crippen LogP contribution in [0.3, 0.4) is 0 Å². The van der Waals surface area contributed by atoms with Crippen molar-refractivity contribution in [1.29, 1.82) is 0 Å². The van der Waals surface area contributed by atoms with Gasteiger partial charge in [-0.05, 0) is 48.2 Å². The maximum Gasteiger partial charge on any atom is 0.240 e. The smallest absolute Gasteiger partial charge is 0.240 e. The molecule has 4 heteroatoms. The largest absolute Gasteiger partial charge is 0.351 e. The minimum Gasteiger partial charge on any atom is -0.351 e. The van der Waals surface area contributed by atoms with E-state index in [0.29, 0.717) is 10.7 Å². The van der Waals surface area contributed by atoms with Gasteiger partial charge in [-0.15, -0.1) is 0 Å². The zero-order chi connectivity index (χ0) is 13.2. The molecule has 0 aliphatic rings. The lowest BCUT2D eigenvalue weighted by Crippen LogP contribution is -1.92. The zero-order valence-electron chi connectivity index (χ0n) is 9.89. The van der Waals surface area contributed by atoms with E-state index in [2.05, 4.69) is 4.98 Å². The van der Waals surface area contributed by atoms with Crippen LogP contribution in [0.1, 0.15) is 10.5 Å². The molecule has 19 heavy (non-hydrogen) atoms. The third-order valence-electron chi connectivity index (χ3n) is 2.77. The van der Waals surface area contributed by atoms with Crippen molar-refractivity contribution in [3.8, 4) is 0 Å². The summed E-state index contributed by atoms with van der Waals surface area (Å²) in [4.78, 5) is 16.2. The summed E-state index contributed by atoms with van der Waals surface area (Å²) in [5, 5.41) is 1.71. The van der Waals surface area contributed by atoms with Crippen LogP contribution in [0.2, 0.25) is 5.02 Å². The van der Waals surface area contributed by atoms with Crippen LogP contribution in [0, 0.1) is 0 Å². The van der Waals surface area contributed by atoms with E-state index in [9.17, 15) is 4.79 Å². The van der Waals surface area contributed by atoms with Gasteiger partial charge in [0.25, 0.3) is 0 Å². The van der Waals surface area contributed by atoms with Crippen LogP contribution < -0.4 is 0 Å². The van der Waals surface area contributed by atoms with E-state index >= 15 is 0 Å². The summed E-state index contributed by atoms with van der Waals surface area (Å²) in [7, 11) is 0. The Morgan fingerprint density at radius 1 is 1.05 bits per heavy atom. The molecule has 0 atom stereocenters. The summed E-state index contributed by atoms with van der Waals surface area (Å²) in [6.45, 7) is 0. The first-order valence-electron chi connectivity index (χ1n) is 5.78. The number of hydrogen-bond acceptors (Lipinski definition) is 2. The van der Waals surface area contributed by atoms with E-state index in [-0.39, 0.29) is 5.12 Å². The molecule has 0 radical (unpaired) electrons. The number of carbonyl (C=O) groups excluding carboxylic acids is 1. The number of H-pyrrole nitrogens is 1. The monoisotopic (exact) mass is 287 g/mol. The fraction of sp³-hybridized carbons (Fsp3) is 0. The fourth-order valence-corrected chi connectivity index (χ4v) is 2.68. The summed E-state index contributed by atoms with van der Waals surface area (Å²) in [6.07, 6.45) is 0. The van der Waals surface area contributed by atoms with Crippen LogP contribution in [0.5, 0.6) is 0 Å². The predicted molar refractivity (Wildman–Crippen MR) is 79.9 cm³/mol. The Morgan fingerprint density at radius 2 is 1.79 bits per heavy atom. The third-order valence-corrected chi connectivity index (χ3v) is 3.94. The molecular formula is C15H10ClNOS. The first-order valence-corrected chi connectivity index (χ1v) is 6.97. The molecule has 0 aliphatic heterocycles. The van der Waals surface area contributed by atoms with Gasteiger partial charge in [0.15, 0.2) is 0 Å². The molecule has 0 saturated carbocycles. The standard InChI is InChI=1S/C15H10ClNOS/c16-11-5-7-12(8-6-11)19-15(18)14-9-10-3-1-2-4-13(10)17-14/h1-9,17H. The number of halogens is 1. The Balaban J connectivity index is 1.85. The van der Waals surface area contributed by atoms with E-state index in [1.54, 1.807) is 12.1 Å². The molecule has 0 fully saturated rings. The number of para-hydroxylation sites is 1. The molecule has 1 heterocycles. The van der Waals surface area contributed by atoms with Crippen molar-refractivity contribution < 1.29 is 4.79 Å². The average molecular weight is 288 g/mol. The van der Waals surface area contributed by atoms with Crippen LogP contribution in [0.4, 0.5) is 0 Å². The van der Waals surface area contributed by atoms with Crippen molar-refractivity contribution in [2.75, 3.05) is 0 Å². The molecule has 3 aromatic rings. The van der Waals surface area contributed by atoms with Crippen molar-refractivity contribution in [3.05, 3.63) is 65.3 Å². The summed E-state index contributed by atoms with van der Waals surface area (Å²) in [5.41, 5.74) is 1.59. The maximum absolute atomic E-state index is 12.2. The van der Waals surface area contributed by atoms with E-state index in [1.165, 1.54) is 11.8 Å². The first kappa shape index (κ1) is 12.3. The van der Waals surface area contributed by atoms with Crippen LogP contribution in [-0.4, -0.2) is 10.1 Å². The van der Waals surface area contributed by atoms with Crippen molar-refractivity contribution in [3.63, 3.8) is 0 Å². The molecular weight excluding hydrogens is 278 g/mol. The SMILES string of the molecule is O=C(Sc1ccc(Cl)cc1)c1cc2ccccc2[nH]1. The number of carbonyl (C=O) groups is 1. The average Bonchev–Trinajstić information content (AvgIpc) is 2.85. The number of fused-ring (bicyclic) bond motifs is 1. The van der Waals surface area contributed by atoms with Crippen LogP contribution in [0.15, 0.2) is 59.5 Å². The van der Waals surface area contributed by atoms with Crippen LogP contribution in [-0.2, 0) is 0 Å². The molecule has 1 aromatic heterocycles. The maximum atomic E-state index is 12.2. The van der Waals surface area contributed by atoms with Gasteiger partial charge in [0.1, 0.15) is 0 Å². The zero-order valence-corrected chi connectivity index (χ0v) is 11.5. The fourth-order valence-electron chi connectivity index (χ4n) is 1.85. The second-order valence-electron chi connectivity index (χ2n) is 4.11. The minimum atomic E-state index is -0.00137. The van der Waals surface area contributed by atoms with Gasteiger partial charge in [-0.25, -0.2) is 0 Å². The molecule has 3 rings (SSSR count). The summed E-state index contributed by atoms with van der Waals surface area (Å²) in [6, 6.07) is 17.0. The van der Waals surface area contributed by atoms with Gasteiger partial charge in [0.05, 0.1) is 5.69 Å². The molecule has 1 N–H and O–H groups in total. The number of aromatic amines is 1. The summed E-state index contributed by atoms with van der Waals surface area (Å²) in [5.74, 6) is 0. The van der Waals surface area contributed by atoms with E-state index in [4.69, 9.17) is 11.6 Å². The van der Waals surface area contributed by atoms with Crippen molar-refractivity contribution in [1.82, 2.24) is 4.98 Å². The lowest BCUT2D eigenvalue weighted by atomic mass is 10.2. The van der Waals surface area contributed by atoms with Gasteiger partial charge in [0, 0.05) is 20.8 Å². The van der Waals surface area contributed by atoms with Crippen LogP contribution >= 0.6 is 23.4 Å². The van der Waals surface area contributed by atoms with E-state index < -0.39 is 0 Å². The number of aromatic nitrogens is 1. The van der Waals surface area contributed by atoms with E-state index in [1.807, 2.05) is 42.5 Å². The topological polar surface area (TPSA) is 32.9 Å². The first-order chi connectivity index (χ1) is 9.22. The van der Waals surface area contributed by atoms with Crippen LogP contribution in [0.25, 0.3) is 10.9 Å². The Morgan fingerprint density at radius 3 is 2.53 bits per heavy atom. The second kappa shape index (κ2) is 5.11. The molecule has 0 aliphatic carbocycles. The summed E-state index contributed by atoms with van der Waals surface area (Å²) < 4.78 is 0. The lowest BCUT2D eigenvalue weighted by Gasteiger charge is -1.98. The molecule has 0 amide bonds. The highest BCUT2D eigenvalue weighted by Crippen LogP contribution is 2.25. The number of nitrogens with one attached hydrogen (secondary N) is 1.